The van der Waals surface area contributed by atoms with E-state index in [0.29, 0.717) is 17.1 Å². The summed E-state index contributed by atoms with van der Waals surface area (Å²) in [5, 5.41) is 8.59. The van der Waals surface area contributed by atoms with Crippen molar-refractivity contribution < 1.29 is 14.3 Å². The molecule has 0 radical (unpaired) electrons. The van der Waals surface area contributed by atoms with Crippen LogP contribution in [0.5, 0.6) is 11.5 Å². The lowest BCUT2D eigenvalue weighted by molar-refractivity contribution is 0.101. The first kappa shape index (κ1) is 15.3. The highest BCUT2D eigenvalue weighted by atomic mass is 79.9. The van der Waals surface area contributed by atoms with E-state index in [9.17, 15) is 4.79 Å². The summed E-state index contributed by atoms with van der Waals surface area (Å²) in [5.74, 6) is 1.09. The standard InChI is InChI=1S/C18H12BrNO3/c1-11-8-13(22-7-6-20)10-15-17(11)18(21)16(23-15)9-12-4-2-3-5-14(12)19/h2-5,8-10H,7H2,1H3/b16-9-. The van der Waals surface area contributed by atoms with Crippen LogP contribution in [0, 0.1) is 18.3 Å². The Kier molecular flexibility index (Phi) is 4.18. The molecule has 0 spiro atoms. The monoisotopic (exact) mass is 369 g/mol. The van der Waals surface area contributed by atoms with E-state index in [2.05, 4.69) is 15.9 Å². The highest BCUT2D eigenvalue weighted by Crippen LogP contribution is 2.37. The van der Waals surface area contributed by atoms with Crippen LogP contribution in [0.15, 0.2) is 46.6 Å². The number of carbonyl (C=O) groups is 1. The predicted molar refractivity (Wildman–Crippen MR) is 89.4 cm³/mol. The molecule has 114 valence electrons. The lowest BCUT2D eigenvalue weighted by atomic mass is 10.0. The second-order valence-electron chi connectivity index (χ2n) is 5.02. The number of aryl methyl sites for hydroxylation is 1. The fourth-order valence-corrected chi connectivity index (χ4v) is 2.81. The molecule has 1 heterocycles. The molecule has 5 heteroatoms. The Morgan fingerprint density at radius 1 is 1.35 bits per heavy atom. The van der Waals surface area contributed by atoms with E-state index in [4.69, 9.17) is 14.7 Å². The van der Waals surface area contributed by atoms with Gasteiger partial charge in [0.1, 0.15) is 17.6 Å². The van der Waals surface area contributed by atoms with Gasteiger partial charge in [0.05, 0.1) is 5.56 Å². The number of rotatable bonds is 3. The third-order valence-electron chi connectivity index (χ3n) is 3.44. The smallest absolute Gasteiger partial charge is 0.232 e. The van der Waals surface area contributed by atoms with Gasteiger partial charge in [-0.1, -0.05) is 34.1 Å². The first-order chi connectivity index (χ1) is 11.1. The quantitative estimate of drug-likeness (QED) is 0.757. The number of ether oxygens (including phenoxy) is 2. The molecule has 0 saturated heterocycles. The predicted octanol–water partition coefficient (Wildman–Crippen LogP) is 4.28. The number of fused-ring (bicyclic) bond motifs is 1. The number of nitrogens with zero attached hydrogens (tertiary/aromatic N) is 1. The van der Waals surface area contributed by atoms with E-state index in [-0.39, 0.29) is 18.1 Å². The molecule has 0 fully saturated rings. The van der Waals surface area contributed by atoms with Crippen molar-refractivity contribution in [2.45, 2.75) is 6.92 Å². The van der Waals surface area contributed by atoms with Crippen molar-refractivity contribution in [3.63, 3.8) is 0 Å². The zero-order valence-electron chi connectivity index (χ0n) is 12.3. The van der Waals surface area contributed by atoms with Crippen molar-refractivity contribution in [3.05, 3.63) is 63.3 Å². The fourth-order valence-electron chi connectivity index (χ4n) is 2.41. The van der Waals surface area contributed by atoms with Crippen molar-refractivity contribution in [2.75, 3.05) is 6.61 Å². The van der Waals surface area contributed by atoms with Crippen LogP contribution >= 0.6 is 15.9 Å². The van der Waals surface area contributed by atoms with Gasteiger partial charge in [0, 0.05) is 10.5 Å². The highest BCUT2D eigenvalue weighted by molar-refractivity contribution is 9.10. The summed E-state index contributed by atoms with van der Waals surface area (Å²) in [7, 11) is 0. The van der Waals surface area contributed by atoms with Gasteiger partial charge in [-0.2, -0.15) is 5.26 Å². The Hall–Kier alpha value is -2.58. The van der Waals surface area contributed by atoms with Gasteiger partial charge in [0.15, 0.2) is 12.4 Å². The van der Waals surface area contributed by atoms with Gasteiger partial charge in [-0.05, 0) is 36.3 Å². The SMILES string of the molecule is Cc1cc(OCC#N)cc2c1C(=O)/C(=C/c1ccccc1Br)O2. The Balaban J connectivity index is 1.97. The molecule has 1 aliphatic rings. The van der Waals surface area contributed by atoms with Gasteiger partial charge in [0.2, 0.25) is 5.78 Å². The fraction of sp³-hybridized carbons (Fsp3) is 0.111. The van der Waals surface area contributed by atoms with Crippen LogP contribution in [0.2, 0.25) is 0 Å². The van der Waals surface area contributed by atoms with Crippen LogP contribution in [0.3, 0.4) is 0 Å². The molecule has 0 aromatic heterocycles. The summed E-state index contributed by atoms with van der Waals surface area (Å²) < 4.78 is 11.9. The summed E-state index contributed by atoms with van der Waals surface area (Å²) in [6.07, 6.45) is 1.71. The maximum Gasteiger partial charge on any atom is 0.232 e. The van der Waals surface area contributed by atoms with Crippen LogP contribution in [0.4, 0.5) is 0 Å². The number of halogens is 1. The van der Waals surface area contributed by atoms with Gasteiger partial charge in [0.25, 0.3) is 0 Å². The zero-order valence-corrected chi connectivity index (χ0v) is 13.9. The van der Waals surface area contributed by atoms with E-state index in [0.717, 1.165) is 15.6 Å². The number of benzene rings is 2. The second-order valence-corrected chi connectivity index (χ2v) is 5.88. The number of carbonyl (C=O) groups excluding carboxylic acids is 1. The molecular weight excluding hydrogens is 358 g/mol. The summed E-state index contributed by atoms with van der Waals surface area (Å²) in [6, 6.07) is 12.9. The van der Waals surface area contributed by atoms with Crippen LogP contribution in [0.1, 0.15) is 21.5 Å². The number of nitriles is 1. The molecule has 0 N–H and O–H groups in total. The van der Waals surface area contributed by atoms with Gasteiger partial charge >= 0.3 is 0 Å². The molecule has 0 amide bonds. The number of allylic oxidation sites excluding steroid dienone is 1. The normalized spacial score (nSPS) is 14.3. The lowest BCUT2D eigenvalue weighted by Crippen LogP contribution is -2.00. The summed E-state index contributed by atoms with van der Waals surface area (Å²) in [6.45, 7) is 1.77. The Morgan fingerprint density at radius 3 is 2.87 bits per heavy atom. The van der Waals surface area contributed by atoms with E-state index >= 15 is 0 Å². The topological polar surface area (TPSA) is 59.3 Å². The summed E-state index contributed by atoms with van der Waals surface area (Å²) >= 11 is 3.45. The molecule has 1 aliphatic heterocycles. The second kappa shape index (κ2) is 6.27. The first-order valence-corrected chi connectivity index (χ1v) is 7.72. The molecule has 3 rings (SSSR count). The lowest BCUT2D eigenvalue weighted by Gasteiger charge is -2.06. The molecule has 0 atom stereocenters. The molecule has 2 aromatic rings. The largest absolute Gasteiger partial charge is 0.479 e. The maximum absolute atomic E-state index is 12.6. The molecule has 0 aliphatic carbocycles. The minimum absolute atomic E-state index is 0.0498. The van der Waals surface area contributed by atoms with Crippen LogP contribution < -0.4 is 9.47 Å². The van der Waals surface area contributed by atoms with E-state index in [1.807, 2.05) is 37.3 Å². The minimum Gasteiger partial charge on any atom is -0.479 e. The molecular formula is C18H12BrNO3. The molecule has 4 nitrogen and oxygen atoms in total. The van der Waals surface area contributed by atoms with Crippen LogP contribution in [-0.4, -0.2) is 12.4 Å². The van der Waals surface area contributed by atoms with Gasteiger partial charge in [-0.15, -0.1) is 0 Å². The Morgan fingerprint density at radius 2 is 2.13 bits per heavy atom. The third kappa shape index (κ3) is 2.99. The minimum atomic E-state index is -0.153. The van der Waals surface area contributed by atoms with Crippen LogP contribution in [-0.2, 0) is 0 Å². The zero-order chi connectivity index (χ0) is 16.4. The van der Waals surface area contributed by atoms with Crippen LogP contribution in [0.25, 0.3) is 6.08 Å². The van der Waals surface area contributed by atoms with Crippen molar-refractivity contribution in [3.8, 4) is 17.6 Å². The molecule has 2 aromatic carbocycles. The summed E-state index contributed by atoms with van der Waals surface area (Å²) in [4.78, 5) is 12.6. The maximum atomic E-state index is 12.6. The number of ketones is 1. The number of hydrogen-bond donors (Lipinski definition) is 0. The van der Waals surface area contributed by atoms with Crippen molar-refractivity contribution in [1.29, 1.82) is 5.26 Å². The summed E-state index contributed by atoms with van der Waals surface area (Å²) in [5.41, 5.74) is 2.16. The first-order valence-electron chi connectivity index (χ1n) is 6.93. The molecule has 0 bridgehead atoms. The molecule has 0 saturated carbocycles. The van der Waals surface area contributed by atoms with Gasteiger partial charge < -0.3 is 9.47 Å². The molecule has 23 heavy (non-hydrogen) atoms. The number of Topliss-reactive ketones (excluding diaryl/α,β-unsaturated/α-hetero) is 1. The third-order valence-corrected chi connectivity index (χ3v) is 4.16. The highest BCUT2D eigenvalue weighted by Gasteiger charge is 2.30. The molecule has 0 unspecified atom stereocenters. The Labute approximate surface area is 142 Å². The van der Waals surface area contributed by atoms with Crippen molar-refractivity contribution >= 4 is 27.8 Å². The average molecular weight is 370 g/mol. The van der Waals surface area contributed by atoms with E-state index in [1.54, 1.807) is 18.2 Å². The van der Waals surface area contributed by atoms with Gasteiger partial charge in [-0.3, -0.25) is 4.79 Å². The van der Waals surface area contributed by atoms with Crippen molar-refractivity contribution in [2.24, 2.45) is 0 Å². The van der Waals surface area contributed by atoms with Crippen molar-refractivity contribution in [1.82, 2.24) is 0 Å². The van der Waals surface area contributed by atoms with Gasteiger partial charge in [-0.25, -0.2) is 0 Å². The Bertz CT molecular complexity index is 865. The van der Waals surface area contributed by atoms with E-state index < -0.39 is 0 Å². The average Bonchev–Trinajstić information content (AvgIpc) is 2.84. The van der Waals surface area contributed by atoms with E-state index in [1.165, 1.54) is 0 Å². The number of hydrogen-bond acceptors (Lipinski definition) is 4.